The normalized spacial score (nSPS) is 11.1. The molecule has 0 atom stereocenters. The minimum absolute atomic E-state index is 0.137. The highest BCUT2D eigenvalue weighted by Gasteiger charge is 2.22. The lowest BCUT2D eigenvalue weighted by atomic mass is 10.1. The molecule has 0 spiro atoms. The van der Waals surface area contributed by atoms with Crippen LogP contribution in [0.25, 0.3) is 0 Å². The maximum atomic E-state index is 13.0. The van der Waals surface area contributed by atoms with Gasteiger partial charge in [0.2, 0.25) is 0 Å². The molecule has 0 aromatic heterocycles. The van der Waals surface area contributed by atoms with Gasteiger partial charge in [0, 0.05) is 18.3 Å². The number of nitrogens with one attached hydrogen (secondary N) is 1. The third-order valence-corrected chi connectivity index (χ3v) is 6.97. The fourth-order valence-corrected chi connectivity index (χ4v) is 4.46. The van der Waals surface area contributed by atoms with Crippen LogP contribution >= 0.6 is 0 Å². The highest BCUT2D eigenvalue weighted by atomic mass is 32.2. The molecular weight excluding hydrogens is 412 g/mol. The zero-order valence-corrected chi connectivity index (χ0v) is 18.9. The van der Waals surface area contributed by atoms with E-state index < -0.39 is 10.0 Å². The van der Waals surface area contributed by atoms with Crippen LogP contribution in [-0.2, 0) is 16.4 Å². The van der Waals surface area contributed by atoms with Gasteiger partial charge in [0.05, 0.1) is 17.7 Å². The number of methoxy groups -OCH3 is 1. The minimum Gasteiger partial charge on any atom is -0.497 e. The van der Waals surface area contributed by atoms with E-state index in [-0.39, 0.29) is 10.8 Å². The zero-order valence-electron chi connectivity index (χ0n) is 18.0. The van der Waals surface area contributed by atoms with Crippen molar-refractivity contribution in [3.63, 3.8) is 0 Å². The number of amides is 1. The number of carbonyl (C=O) groups excluding carboxylic acids is 1. The summed E-state index contributed by atoms with van der Waals surface area (Å²) in [4.78, 5) is 13.0. The molecule has 3 aromatic carbocycles. The van der Waals surface area contributed by atoms with Crippen molar-refractivity contribution < 1.29 is 17.9 Å². The number of ether oxygens (including phenoxy) is 1. The van der Waals surface area contributed by atoms with Crippen LogP contribution in [0, 0.1) is 6.92 Å². The molecule has 0 unspecified atom stereocenters. The molecule has 0 aliphatic carbocycles. The smallest absolute Gasteiger partial charge is 0.264 e. The topological polar surface area (TPSA) is 75.7 Å². The van der Waals surface area contributed by atoms with Crippen molar-refractivity contribution in [1.29, 1.82) is 0 Å². The number of nitrogens with zero attached hydrogens (tertiary/aromatic N) is 1. The first-order valence-corrected chi connectivity index (χ1v) is 11.3. The summed E-state index contributed by atoms with van der Waals surface area (Å²) in [5.41, 5.74) is 3.58. The molecule has 3 aromatic rings. The van der Waals surface area contributed by atoms with E-state index in [0.29, 0.717) is 17.0 Å². The van der Waals surface area contributed by atoms with Crippen LogP contribution in [0.3, 0.4) is 0 Å². The summed E-state index contributed by atoms with van der Waals surface area (Å²) in [6.45, 7) is 3.98. The number of hydrogen-bond donors (Lipinski definition) is 1. The van der Waals surface area contributed by atoms with E-state index in [2.05, 4.69) is 5.32 Å². The van der Waals surface area contributed by atoms with Crippen molar-refractivity contribution in [3.05, 3.63) is 83.4 Å². The predicted octanol–water partition coefficient (Wildman–Crippen LogP) is 4.64. The van der Waals surface area contributed by atoms with Crippen LogP contribution in [0.2, 0.25) is 0 Å². The number of hydrogen-bond acceptors (Lipinski definition) is 4. The molecule has 1 amide bonds. The number of sulfonamides is 1. The lowest BCUT2D eigenvalue weighted by molar-refractivity contribution is 0.102. The lowest BCUT2D eigenvalue weighted by Gasteiger charge is -2.20. The molecule has 0 aliphatic heterocycles. The number of aryl methyl sites for hydroxylation is 2. The summed E-state index contributed by atoms with van der Waals surface area (Å²) in [5, 5.41) is 2.97. The van der Waals surface area contributed by atoms with Gasteiger partial charge in [0.15, 0.2) is 0 Å². The maximum Gasteiger partial charge on any atom is 0.264 e. The lowest BCUT2D eigenvalue weighted by Crippen LogP contribution is -2.27. The van der Waals surface area contributed by atoms with Gasteiger partial charge in [-0.15, -0.1) is 0 Å². The molecule has 0 radical (unpaired) electrons. The van der Waals surface area contributed by atoms with Crippen LogP contribution in [0.4, 0.5) is 11.4 Å². The second-order valence-corrected chi connectivity index (χ2v) is 9.08. The van der Waals surface area contributed by atoms with Crippen LogP contribution in [-0.4, -0.2) is 28.5 Å². The van der Waals surface area contributed by atoms with E-state index in [1.165, 1.54) is 26.3 Å². The molecule has 0 saturated heterocycles. The van der Waals surface area contributed by atoms with Gasteiger partial charge in [-0.25, -0.2) is 8.42 Å². The van der Waals surface area contributed by atoms with Crippen molar-refractivity contribution in [2.45, 2.75) is 25.2 Å². The number of anilines is 2. The molecule has 0 heterocycles. The first-order chi connectivity index (χ1) is 14.8. The fraction of sp³-hybridized carbons (Fsp3) is 0.208. The van der Waals surface area contributed by atoms with E-state index in [9.17, 15) is 13.2 Å². The molecule has 31 heavy (non-hydrogen) atoms. The second kappa shape index (κ2) is 9.22. The molecule has 0 fully saturated rings. The predicted molar refractivity (Wildman–Crippen MR) is 124 cm³/mol. The molecule has 0 aliphatic rings. The third kappa shape index (κ3) is 4.72. The minimum atomic E-state index is -3.79. The van der Waals surface area contributed by atoms with Crippen LogP contribution in [0.15, 0.2) is 71.6 Å². The Bertz CT molecular complexity index is 1190. The maximum absolute atomic E-state index is 13.0. The quantitative estimate of drug-likeness (QED) is 0.583. The zero-order chi connectivity index (χ0) is 22.6. The summed E-state index contributed by atoms with van der Waals surface area (Å²) >= 11 is 0. The first-order valence-electron chi connectivity index (χ1n) is 9.90. The summed E-state index contributed by atoms with van der Waals surface area (Å²) in [7, 11) is -0.804. The third-order valence-electron chi connectivity index (χ3n) is 5.17. The summed E-state index contributed by atoms with van der Waals surface area (Å²) in [5.74, 6) is 0.282. The van der Waals surface area contributed by atoms with Gasteiger partial charge in [0.25, 0.3) is 15.9 Å². The van der Waals surface area contributed by atoms with E-state index in [4.69, 9.17) is 4.74 Å². The summed E-state index contributed by atoms with van der Waals surface area (Å²) in [6, 6.07) is 18.6. The highest BCUT2D eigenvalue weighted by molar-refractivity contribution is 7.92. The van der Waals surface area contributed by atoms with Gasteiger partial charge in [0.1, 0.15) is 5.75 Å². The van der Waals surface area contributed by atoms with Crippen molar-refractivity contribution in [2.24, 2.45) is 0 Å². The number of carbonyl (C=O) groups is 1. The monoisotopic (exact) mass is 438 g/mol. The van der Waals surface area contributed by atoms with Gasteiger partial charge >= 0.3 is 0 Å². The summed E-state index contributed by atoms with van der Waals surface area (Å²) in [6.07, 6.45) is 0.792. The molecule has 3 rings (SSSR count). The van der Waals surface area contributed by atoms with E-state index in [1.807, 2.05) is 32.0 Å². The van der Waals surface area contributed by atoms with Gasteiger partial charge in [-0.2, -0.15) is 0 Å². The Morgan fingerprint density at radius 3 is 2.35 bits per heavy atom. The molecule has 6 nitrogen and oxygen atoms in total. The largest absolute Gasteiger partial charge is 0.497 e. The van der Waals surface area contributed by atoms with Crippen LogP contribution < -0.4 is 14.4 Å². The average molecular weight is 439 g/mol. The van der Waals surface area contributed by atoms with Crippen molar-refractivity contribution >= 4 is 27.3 Å². The molecule has 1 N–H and O–H groups in total. The fourth-order valence-electron chi connectivity index (χ4n) is 3.28. The Labute approximate surface area is 183 Å². The van der Waals surface area contributed by atoms with Crippen molar-refractivity contribution in [2.75, 3.05) is 23.8 Å². The summed E-state index contributed by atoms with van der Waals surface area (Å²) < 4.78 is 32.3. The molecule has 0 saturated carbocycles. The Morgan fingerprint density at radius 2 is 1.71 bits per heavy atom. The SMILES string of the molecule is CCc1cccc(C)c1NC(=O)c1cccc(N(C)S(=O)(=O)c2ccc(OC)cc2)c1. The van der Waals surface area contributed by atoms with Gasteiger partial charge in [-0.3, -0.25) is 9.10 Å². The van der Waals surface area contributed by atoms with Crippen LogP contribution in [0.1, 0.15) is 28.4 Å². The average Bonchev–Trinajstić information content (AvgIpc) is 2.79. The highest BCUT2D eigenvalue weighted by Crippen LogP contribution is 2.26. The van der Waals surface area contributed by atoms with Crippen LogP contribution in [0.5, 0.6) is 5.75 Å². The van der Waals surface area contributed by atoms with E-state index in [1.54, 1.807) is 36.4 Å². The van der Waals surface area contributed by atoms with Gasteiger partial charge in [-0.1, -0.05) is 31.2 Å². The van der Waals surface area contributed by atoms with Gasteiger partial charge in [-0.05, 0) is 66.9 Å². The number of rotatable bonds is 7. The second-order valence-electron chi connectivity index (χ2n) is 7.12. The molecule has 162 valence electrons. The van der Waals surface area contributed by atoms with Crippen molar-refractivity contribution in [3.8, 4) is 5.75 Å². The van der Waals surface area contributed by atoms with Crippen molar-refractivity contribution in [1.82, 2.24) is 0 Å². The molecule has 7 heteroatoms. The molecular formula is C24H26N2O4S. The van der Waals surface area contributed by atoms with E-state index >= 15 is 0 Å². The Balaban J connectivity index is 1.88. The molecule has 0 bridgehead atoms. The Morgan fingerprint density at radius 1 is 1.03 bits per heavy atom. The first kappa shape index (κ1) is 22.4. The van der Waals surface area contributed by atoms with E-state index in [0.717, 1.165) is 27.5 Å². The number of benzene rings is 3. The number of para-hydroxylation sites is 1. The van der Waals surface area contributed by atoms with Gasteiger partial charge < -0.3 is 10.1 Å². The standard InChI is InChI=1S/C24H26N2O4S/c1-5-18-9-6-8-17(2)23(18)25-24(27)19-10-7-11-20(16-19)26(3)31(28,29)22-14-12-21(30-4)13-15-22/h6-16H,5H2,1-4H3,(H,25,27). The Hall–Kier alpha value is -3.32. The Kier molecular flexibility index (Phi) is 6.65.